The van der Waals surface area contributed by atoms with Crippen molar-refractivity contribution < 1.29 is 0 Å². The quantitative estimate of drug-likeness (QED) is 0.167. The Bertz CT molecular complexity index is 3220. The molecule has 0 bridgehead atoms. The lowest BCUT2D eigenvalue weighted by Gasteiger charge is -2.14. The van der Waals surface area contributed by atoms with Crippen LogP contribution in [0.3, 0.4) is 0 Å². The van der Waals surface area contributed by atoms with Crippen LogP contribution in [0.2, 0.25) is 0 Å². The predicted octanol–water partition coefficient (Wildman–Crippen LogP) is 12.6. The molecule has 0 atom stereocenters. The highest BCUT2D eigenvalue weighted by Gasteiger charge is 2.17. The summed E-state index contributed by atoms with van der Waals surface area (Å²) in [4.78, 5) is 12.4. The molecule has 3 heterocycles. The maximum atomic E-state index is 5.34. The van der Waals surface area contributed by atoms with E-state index in [0.717, 1.165) is 77.5 Å². The molecule has 252 valence electrons. The van der Waals surface area contributed by atoms with Crippen LogP contribution < -0.4 is 0 Å². The number of rotatable bonds is 5. The first-order chi connectivity index (χ1) is 26.7. The molecule has 6 heteroatoms. The van der Waals surface area contributed by atoms with Gasteiger partial charge in [0.15, 0.2) is 5.82 Å². The molecule has 54 heavy (non-hydrogen) atoms. The van der Waals surface area contributed by atoms with Crippen LogP contribution in [0.15, 0.2) is 176 Å². The number of hydrogen-bond acceptors (Lipinski definition) is 5. The molecule has 0 aliphatic carbocycles. The van der Waals surface area contributed by atoms with E-state index in [2.05, 4.69) is 146 Å². The molecular weight excluding hydrogens is 679 g/mol. The summed E-state index contributed by atoms with van der Waals surface area (Å²) in [5.74, 6) is 0.666. The molecule has 11 aromatic rings. The first-order valence-electron chi connectivity index (χ1n) is 18.0. The van der Waals surface area contributed by atoms with Crippen molar-refractivity contribution in [2.75, 3.05) is 0 Å². The molecule has 0 saturated heterocycles. The van der Waals surface area contributed by atoms with Gasteiger partial charge in [-0.1, -0.05) is 127 Å². The summed E-state index contributed by atoms with van der Waals surface area (Å²) in [5.41, 5.74) is 9.69. The van der Waals surface area contributed by atoms with Crippen molar-refractivity contribution >= 4 is 64.1 Å². The van der Waals surface area contributed by atoms with Crippen molar-refractivity contribution in [1.82, 2.24) is 25.0 Å². The Balaban J connectivity index is 1.14. The van der Waals surface area contributed by atoms with Gasteiger partial charge in [0.05, 0.1) is 17.1 Å². The molecule has 0 N–H and O–H groups in total. The maximum Gasteiger partial charge on any atom is 0.160 e. The molecule has 5 nitrogen and oxygen atoms in total. The van der Waals surface area contributed by atoms with Crippen LogP contribution in [0.1, 0.15) is 0 Å². The molecule has 0 fully saturated rings. The Morgan fingerprint density at radius 3 is 1.98 bits per heavy atom. The minimum atomic E-state index is 0.666. The van der Waals surface area contributed by atoms with E-state index in [9.17, 15) is 0 Å². The second-order valence-corrected chi connectivity index (χ2v) is 14.6. The van der Waals surface area contributed by atoms with Gasteiger partial charge < -0.3 is 0 Å². The van der Waals surface area contributed by atoms with Gasteiger partial charge in [0.25, 0.3) is 0 Å². The molecule has 0 spiro atoms. The van der Waals surface area contributed by atoms with Crippen LogP contribution in [-0.4, -0.2) is 25.0 Å². The molecule has 0 amide bonds. The van der Waals surface area contributed by atoms with Crippen LogP contribution >= 0.6 is 11.3 Å². The van der Waals surface area contributed by atoms with E-state index in [1.165, 1.54) is 20.2 Å². The fourth-order valence-corrected chi connectivity index (χ4v) is 8.74. The van der Waals surface area contributed by atoms with Crippen molar-refractivity contribution in [3.05, 3.63) is 176 Å². The summed E-state index contributed by atoms with van der Waals surface area (Å²) < 4.78 is 2.55. The summed E-state index contributed by atoms with van der Waals surface area (Å²) in [5, 5.41) is 16.8. The highest BCUT2D eigenvalue weighted by molar-refractivity contribution is 7.25. The molecular formula is C48H29N5S. The minimum absolute atomic E-state index is 0.666. The van der Waals surface area contributed by atoms with Gasteiger partial charge in [0.1, 0.15) is 11.0 Å². The van der Waals surface area contributed by atoms with E-state index < -0.39 is 0 Å². The van der Waals surface area contributed by atoms with Crippen LogP contribution in [0.5, 0.6) is 0 Å². The summed E-state index contributed by atoms with van der Waals surface area (Å²) in [6.07, 6.45) is 0. The van der Waals surface area contributed by atoms with Crippen molar-refractivity contribution in [1.29, 1.82) is 0 Å². The Morgan fingerprint density at radius 1 is 0.426 bits per heavy atom. The second kappa shape index (κ2) is 12.3. The summed E-state index contributed by atoms with van der Waals surface area (Å²) in [6.45, 7) is 0. The lowest BCUT2D eigenvalue weighted by atomic mass is 9.96. The fraction of sp³-hybridized carbons (Fsp3) is 0. The van der Waals surface area contributed by atoms with Crippen LogP contribution in [0, 0.1) is 0 Å². The smallest absolute Gasteiger partial charge is 0.160 e. The average molecular weight is 708 g/mol. The number of benzene rings is 8. The molecule has 3 aromatic heterocycles. The maximum absolute atomic E-state index is 5.34. The average Bonchev–Trinajstić information content (AvgIpc) is 3.86. The second-order valence-electron chi connectivity index (χ2n) is 13.5. The van der Waals surface area contributed by atoms with Gasteiger partial charge in [0.2, 0.25) is 0 Å². The monoisotopic (exact) mass is 707 g/mol. The number of aromatic nitrogens is 5. The number of fused-ring (bicyclic) bond motifs is 8. The summed E-state index contributed by atoms with van der Waals surface area (Å²) in [6, 6.07) is 61.6. The van der Waals surface area contributed by atoms with Crippen molar-refractivity contribution in [2.45, 2.75) is 0 Å². The molecule has 0 unspecified atom stereocenters. The highest BCUT2D eigenvalue weighted by Crippen LogP contribution is 2.39. The van der Waals surface area contributed by atoms with Gasteiger partial charge in [-0.25, -0.2) is 9.97 Å². The van der Waals surface area contributed by atoms with Crippen molar-refractivity contribution in [3.8, 4) is 50.7 Å². The molecule has 8 aromatic carbocycles. The minimum Gasteiger partial charge on any atom is -0.228 e. The summed E-state index contributed by atoms with van der Waals surface area (Å²) in [7, 11) is 0. The zero-order valence-corrected chi connectivity index (χ0v) is 29.7. The Kier molecular flexibility index (Phi) is 6.97. The fourth-order valence-electron chi connectivity index (χ4n) is 7.66. The molecule has 11 rings (SSSR count). The van der Waals surface area contributed by atoms with E-state index in [0.29, 0.717) is 5.82 Å². The third kappa shape index (κ3) is 5.07. The zero-order valence-electron chi connectivity index (χ0n) is 28.9. The van der Waals surface area contributed by atoms with Crippen LogP contribution in [0.25, 0.3) is 103 Å². The largest absolute Gasteiger partial charge is 0.228 e. The van der Waals surface area contributed by atoms with Gasteiger partial charge >= 0.3 is 0 Å². The number of para-hydroxylation sites is 1. The standard InChI is InChI=1S/C48H29N5S/c1-3-11-30(12-4-1)36-15-7-8-16-37(36)43-29-42(33-24-26-45-40(27-33)38-17-9-10-18-44(38)54-45)49-48(50-43)34-22-20-31-19-21-32-23-25-41-47(46(32)39(31)28-34)52-53(51-41)35-13-5-2-6-14-35/h1-29H. The topological polar surface area (TPSA) is 56.5 Å². The predicted molar refractivity (Wildman–Crippen MR) is 224 cm³/mol. The van der Waals surface area contributed by atoms with Crippen LogP contribution in [0.4, 0.5) is 0 Å². The van der Waals surface area contributed by atoms with E-state index in [4.69, 9.17) is 20.2 Å². The SMILES string of the molecule is c1ccc(-c2ccccc2-c2cc(-c3ccc4sc5ccccc5c4c3)nc(-c3ccc4ccc5ccc6nn(-c7ccccc7)nc6c5c4c3)n2)cc1. The van der Waals surface area contributed by atoms with Gasteiger partial charge in [-0.05, 0) is 75.8 Å². The van der Waals surface area contributed by atoms with E-state index in [1.807, 2.05) is 41.7 Å². The third-order valence-corrected chi connectivity index (χ3v) is 11.4. The lowest BCUT2D eigenvalue weighted by molar-refractivity contribution is 0.766. The van der Waals surface area contributed by atoms with Gasteiger partial charge in [-0.2, -0.15) is 4.80 Å². The van der Waals surface area contributed by atoms with Gasteiger partial charge in [-0.15, -0.1) is 21.5 Å². The van der Waals surface area contributed by atoms with Crippen molar-refractivity contribution in [2.24, 2.45) is 0 Å². The van der Waals surface area contributed by atoms with E-state index in [-0.39, 0.29) is 0 Å². The molecule has 0 saturated carbocycles. The number of hydrogen-bond donors (Lipinski definition) is 0. The summed E-state index contributed by atoms with van der Waals surface area (Å²) >= 11 is 1.82. The molecule has 0 radical (unpaired) electrons. The Labute approximate surface area is 314 Å². The highest BCUT2D eigenvalue weighted by atomic mass is 32.1. The Morgan fingerprint density at radius 2 is 1.09 bits per heavy atom. The van der Waals surface area contributed by atoms with Crippen LogP contribution in [-0.2, 0) is 0 Å². The Hall–Kier alpha value is -7.02. The van der Waals surface area contributed by atoms with Crippen molar-refractivity contribution in [3.63, 3.8) is 0 Å². The molecule has 0 aliphatic rings. The van der Waals surface area contributed by atoms with Gasteiger partial charge in [0, 0.05) is 42.2 Å². The first kappa shape index (κ1) is 30.6. The van der Waals surface area contributed by atoms with Gasteiger partial charge in [-0.3, -0.25) is 0 Å². The lowest BCUT2D eigenvalue weighted by Crippen LogP contribution is -1.97. The number of nitrogens with zero attached hydrogens (tertiary/aromatic N) is 5. The third-order valence-electron chi connectivity index (χ3n) is 10.3. The normalized spacial score (nSPS) is 11.7. The van der Waals surface area contributed by atoms with E-state index in [1.54, 1.807) is 4.80 Å². The zero-order chi connectivity index (χ0) is 35.6. The van der Waals surface area contributed by atoms with E-state index >= 15 is 0 Å². The number of thiophene rings is 1. The molecule has 0 aliphatic heterocycles. The first-order valence-corrected chi connectivity index (χ1v) is 18.8.